The maximum absolute atomic E-state index is 13.1. The summed E-state index contributed by atoms with van der Waals surface area (Å²) >= 11 is 0. The fourth-order valence-electron chi connectivity index (χ4n) is 3.97. The molecule has 216 valence electrons. The highest BCUT2D eigenvalue weighted by atomic mass is 16.5. The van der Waals surface area contributed by atoms with Crippen LogP contribution in [0.2, 0.25) is 0 Å². The van der Waals surface area contributed by atoms with Gasteiger partial charge in [0, 0.05) is 44.1 Å². The molecule has 2 aromatic heterocycles. The number of carbonyl (C=O) groups is 3. The number of pyridine rings is 2. The molecule has 0 bridgehead atoms. The van der Waals surface area contributed by atoms with E-state index in [1.165, 1.54) is 25.4 Å². The highest BCUT2D eigenvalue weighted by molar-refractivity contribution is 6.04. The minimum absolute atomic E-state index is 0.0749. The van der Waals surface area contributed by atoms with Gasteiger partial charge in [0.25, 0.3) is 11.8 Å². The fraction of sp³-hybridized carbons (Fsp3) is 0.345. The van der Waals surface area contributed by atoms with Crippen LogP contribution in [-0.2, 0) is 25.4 Å². The summed E-state index contributed by atoms with van der Waals surface area (Å²) in [6, 6.07) is 12.9. The third-order valence-corrected chi connectivity index (χ3v) is 6.03. The molecule has 1 aliphatic heterocycles. The molecule has 12 heteroatoms. The SMILES string of the molecule is COC[C@@H](C)Oc1cc(C(=O)Nc2ccc(CC(=O)OC)cn2)cc(Oc2ccc(C(=O)N3CCOCC3)cc2)n1. The van der Waals surface area contributed by atoms with E-state index in [-0.39, 0.29) is 41.7 Å². The fourth-order valence-corrected chi connectivity index (χ4v) is 3.97. The monoisotopic (exact) mass is 564 g/mol. The lowest BCUT2D eigenvalue weighted by molar-refractivity contribution is -0.139. The molecule has 0 radical (unpaired) electrons. The Balaban J connectivity index is 1.50. The molecule has 1 aromatic carbocycles. The normalized spacial score (nSPS) is 13.7. The van der Waals surface area contributed by atoms with E-state index in [0.717, 1.165) is 0 Å². The van der Waals surface area contributed by atoms with Crippen LogP contribution in [0.5, 0.6) is 17.5 Å². The van der Waals surface area contributed by atoms with Crippen molar-refractivity contribution in [3.8, 4) is 17.5 Å². The molecule has 1 aliphatic rings. The summed E-state index contributed by atoms with van der Waals surface area (Å²) in [5.41, 5.74) is 1.40. The zero-order valence-corrected chi connectivity index (χ0v) is 23.1. The Hall–Kier alpha value is -4.55. The van der Waals surface area contributed by atoms with Crippen LogP contribution in [0.3, 0.4) is 0 Å². The largest absolute Gasteiger partial charge is 0.472 e. The number of hydrogen-bond donors (Lipinski definition) is 1. The first-order chi connectivity index (χ1) is 19.8. The summed E-state index contributed by atoms with van der Waals surface area (Å²) in [5, 5.41) is 2.72. The minimum Gasteiger partial charge on any atom is -0.472 e. The maximum atomic E-state index is 13.1. The number of anilines is 1. The van der Waals surface area contributed by atoms with Gasteiger partial charge in [-0.3, -0.25) is 14.4 Å². The predicted octanol–water partition coefficient (Wildman–Crippen LogP) is 3.12. The number of nitrogens with one attached hydrogen (secondary N) is 1. The number of morpholine rings is 1. The van der Waals surface area contributed by atoms with E-state index in [0.29, 0.717) is 55.6 Å². The quantitative estimate of drug-likeness (QED) is 0.346. The third-order valence-electron chi connectivity index (χ3n) is 6.03. The Morgan fingerprint density at radius 3 is 2.39 bits per heavy atom. The van der Waals surface area contributed by atoms with Crippen LogP contribution in [-0.4, -0.2) is 85.9 Å². The number of rotatable bonds is 11. The molecule has 0 unspecified atom stereocenters. The second-order valence-electron chi connectivity index (χ2n) is 9.21. The van der Waals surface area contributed by atoms with Gasteiger partial charge in [0.1, 0.15) is 17.7 Å². The molecule has 3 aromatic rings. The highest BCUT2D eigenvalue weighted by Gasteiger charge is 2.19. The lowest BCUT2D eigenvalue weighted by atomic mass is 10.2. The zero-order valence-electron chi connectivity index (χ0n) is 23.1. The van der Waals surface area contributed by atoms with Crippen molar-refractivity contribution in [1.82, 2.24) is 14.9 Å². The van der Waals surface area contributed by atoms with E-state index in [4.69, 9.17) is 18.9 Å². The first-order valence-corrected chi connectivity index (χ1v) is 13.0. The molecule has 41 heavy (non-hydrogen) atoms. The molecule has 3 heterocycles. The van der Waals surface area contributed by atoms with Crippen LogP contribution in [0.15, 0.2) is 54.7 Å². The van der Waals surface area contributed by atoms with Gasteiger partial charge in [0.15, 0.2) is 0 Å². The van der Waals surface area contributed by atoms with Gasteiger partial charge in [-0.1, -0.05) is 6.07 Å². The van der Waals surface area contributed by atoms with Crippen LogP contribution in [0, 0.1) is 0 Å². The van der Waals surface area contributed by atoms with E-state index < -0.39 is 5.91 Å². The summed E-state index contributed by atoms with van der Waals surface area (Å²) in [6.07, 6.45) is 1.22. The van der Waals surface area contributed by atoms with E-state index in [1.807, 2.05) is 6.92 Å². The van der Waals surface area contributed by atoms with Crippen molar-refractivity contribution in [1.29, 1.82) is 0 Å². The first kappa shape index (κ1) is 29.4. The van der Waals surface area contributed by atoms with Crippen molar-refractivity contribution in [2.24, 2.45) is 0 Å². The number of nitrogens with zero attached hydrogens (tertiary/aromatic N) is 3. The Morgan fingerprint density at radius 1 is 1.00 bits per heavy atom. The maximum Gasteiger partial charge on any atom is 0.310 e. The number of aromatic nitrogens is 2. The van der Waals surface area contributed by atoms with Gasteiger partial charge in [-0.2, -0.15) is 4.98 Å². The Kier molecular flexibility index (Phi) is 10.2. The number of esters is 1. The number of methoxy groups -OCH3 is 2. The lowest BCUT2D eigenvalue weighted by Gasteiger charge is -2.26. The van der Waals surface area contributed by atoms with Gasteiger partial charge >= 0.3 is 5.97 Å². The van der Waals surface area contributed by atoms with Gasteiger partial charge in [0.05, 0.1) is 38.9 Å². The number of amides is 2. The second kappa shape index (κ2) is 14.2. The Bertz CT molecular complexity index is 1340. The van der Waals surface area contributed by atoms with Crippen LogP contribution < -0.4 is 14.8 Å². The highest BCUT2D eigenvalue weighted by Crippen LogP contribution is 2.26. The zero-order chi connectivity index (χ0) is 29.2. The van der Waals surface area contributed by atoms with Crippen LogP contribution in [0.1, 0.15) is 33.2 Å². The van der Waals surface area contributed by atoms with E-state index in [1.54, 1.807) is 48.4 Å². The minimum atomic E-state index is -0.471. The molecule has 1 fully saturated rings. The molecule has 1 atom stereocenters. The molecule has 1 N–H and O–H groups in total. The van der Waals surface area contributed by atoms with Gasteiger partial charge < -0.3 is 33.9 Å². The van der Waals surface area contributed by atoms with Gasteiger partial charge in [0.2, 0.25) is 11.8 Å². The van der Waals surface area contributed by atoms with Crippen molar-refractivity contribution in [3.05, 3.63) is 71.4 Å². The van der Waals surface area contributed by atoms with Gasteiger partial charge in [-0.05, 0) is 42.8 Å². The lowest BCUT2D eigenvalue weighted by Crippen LogP contribution is -2.40. The standard InChI is InChI=1S/C29H32N4O8/c1-19(18-37-2)40-25-15-22(28(35)31-24-9-4-20(17-30-24)14-27(34)38-3)16-26(32-25)41-23-7-5-21(6-8-23)29(36)33-10-12-39-13-11-33/h4-9,15-17,19H,10-14,18H2,1-3H3,(H,30,31,35)/t19-/m1/s1. The van der Waals surface area contributed by atoms with E-state index in [9.17, 15) is 14.4 Å². The number of ether oxygens (including phenoxy) is 5. The average Bonchev–Trinajstić information content (AvgIpc) is 2.98. The molecular formula is C29H32N4O8. The van der Waals surface area contributed by atoms with E-state index in [2.05, 4.69) is 20.0 Å². The van der Waals surface area contributed by atoms with E-state index >= 15 is 0 Å². The molecule has 0 spiro atoms. The third kappa shape index (κ3) is 8.47. The number of benzene rings is 1. The van der Waals surface area contributed by atoms with Crippen molar-refractivity contribution in [2.75, 3.05) is 52.4 Å². The second-order valence-corrected chi connectivity index (χ2v) is 9.21. The van der Waals surface area contributed by atoms with Crippen LogP contribution in [0.25, 0.3) is 0 Å². The summed E-state index contributed by atoms with van der Waals surface area (Å²) in [5.74, 6) is 0.0589. The molecule has 4 rings (SSSR count). The molecular weight excluding hydrogens is 532 g/mol. The molecule has 0 aliphatic carbocycles. The van der Waals surface area contributed by atoms with Crippen molar-refractivity contribution in [2.45, 2.75) is 19.4 Å². The summed E-state index contributed by atoms with van der Waals surface area (Å²) in [4.78, 5) is 47.7. The van der Waals surface area contributed by atoms with Crippen molar-refractivity contribution in [3.63, 3.8) is 0 Å². The predicted molar refractivity (Wildman–Crippen MR) is 147 cm³/mol. The van der Waals surface area contributed by atoms with Crippen molar-refractivity contribution >= 4 is 23.6 Å². The summed E-state index contributed by atoms with van der Waals surface area (Å²) < 4.78 is 26.9. The number of hydrogen-bond acceptors (Lipinski definition) is 10. The van der Waals surface area contributed by atoms with Gasteiger partial charge in [-0.15, -0.1) is 0 Å². The topological polar surface area (TPSA) is 138 Å². The first-order valence-electron chi connectivity index (χ1n) is 13.0. The molecule has 12 nitrogen and oxygen atoms in total. The summed E-state index contributed by atoms with van der Waals surface area (Å²) in [6.45, 7) is 4.26. The Labute approximate surface area is 237 Å². The smallest absolute Gasteiger partial charge is 0.310 e. The Morgan fingerprint density at radius 2 is 1.73 bits per heavy atom. The molecule has 0 saturated carbocycles. The number of carbonyl (C=O) groups excluding carboxylic acids is 3. The van der Waals surface area contributed by atoms with Crippen LogP contribution in [0.4, 0.5) is 5.82 Å². The van der Waals surface area contributed by atoms with Crippen molar-refractivity contribution < 1.29 is 38.1 Å². The molecule has 2 amide bonds. The average molecular weight is 565 g/mol. The van der Waals surface area contributed by atoms with Gasteiger partial charge in [-0.25, -0.2) is 4.98 Å². The van der Waals surface area contributed by atoms with Crippen LogP contribution >= 0.6 is 0 Å². The summed E-state index contributed by atoms with van der Waals surface area (Å²) in [7, 11) is 2.87. The molecule has 1 saturated heterocycles.